The van der Waals surface area contributed by atoms with Crippen molar-refractivity contribution < 1.29 is 9.21 Å². The maximum Gasteiger partial charge on any atom is 0.294 e. The Labute approximate surface area is 170 Å². The summed E-state index contributed by atoms with van der Waals surface area (Å²) in [5.41, 5.74) is 1.56. The van der Waals surface area contributed by atoms with Gasteiger partial charge in [-0.3, -0.25) is 19.4 Å². The zero-order valence-electron chi connectivity index (χ0n) is 14.9. The Morgan fingerprint density at radius 1 is 1.04 bits per heavy atom. The van der Waals surface area contributed by atoms with Crippen LogP contribution in [0.25, 0.3) is 0 Å². The number of halogens is 1. The molecule has 0 atom stereocenters. The number of nitrogens with zero attached hydrogens (tertiary/aromatic N) is 4. The highest BCUT2D eigenvalue weighted by molar-refractivity contribution is 9.10. The Hall–Kier alpha value is -3.19. The normalized spacial score (nSPS) is 10.8. The molecule has 0 aliphatic carbocycles. The quantitative estimate of drug-likeness (QED) is 0.445. The highest BCUT2D eigenvalue weighted by Gasteiger charge is 2.22. The summed E-state index contributed by atoms with van der Waals surface area (Å²) in [4.78, 5) is 19.2. The molecule has 1 aromatic carbocycles. The van der Waals surface area contributed by atoms with Crippen LogP contribution in [-0.4, -0.2) is 20.7 Å². The highest BCUT2D eigenvalue weighted by Crippen LogP contribution is 2.23. The Balaban J connectivity index is 1.61. The van der Waals surface area contributed by atoms with Gasteiger partial charge in [0.1, 0.15) is 5.76 Å². The number of hydrogen-bond donors (Lipinski definition) is 0. The van der Waals surface area contributed by atoms with E-state index in [4.69, 9.17) is 4.42 Å². The summed E-state index contributed by atoms with van der Waals surface area (Å²) in [5.74, 6) is 0.723. The fourth-order valence-corrected chi connectivity index (χ4v) is 3.08. The molecule has 0 aliphatic rings. The van der Waals surface area contributed by atoms with Gasteiger partial charge in [-0.05, 0) is 54.6 Å². The SMILES string of the molecule is O=C(c1ccc(Cn2cccn2)o1)N(Cc1ccccn1)c1ccc(Br)cc1. The second kappa shape index (κ2) is 8.22. The molecule has 1 amide bonds. The van der Waals surface area contributed by atoms with Crippen LogP contribution in [0, 0.1) is 0 Å². The van der Waals surface area contributed by atoms with E-state index < -0.39 is 0 Å². The van der Waals surface area contributed by atoms with Crippen LogP contribution in [0.3, 0.4) is 0 Å². The monoisotopic (exact) mass is 436 g/mol. The van der Waals surface area contributed by atoms with Crippen LogP contribution in [0.4, 0.5) is 5.69 Å². The first-order chi connectivity index (χ1) is 13.7. The molecule has 0 saturated carbocycles. The summed E-state index contributed by atoms with van der Waals surface area (Å²) in [5, 5.41) is 4.16. The number of amides is 1. The Bertz CT molecular complexity index is 1040. The van der Waals surface area contributed by atoms with E-state index in [2.05, 4.69) is 26.0 Å². The van der Waals surface area contributed by atoms with Gasteiger partial charge < -0.3 is 4.42 Å². The van der Waals surface area contributed by atoms with Gasteiger partial charge in [-0.2, -0.15) is 5.10 Å². The van der Waals surface area contributed by atoms with Crippen molar-refractivity contribution in [2.45, 2.75) is 13.1 Å². The number of benzene rings is 1. The van der Waals surface area contributed by atoms with Gasteiger partial charge in [-0.1, -0.05) is 22.0 Å². The van der Waals surface area contributed by atoms with Gasteiger partial charge in [0, 0.05) is 28.8 Å². The molecule has 0 unspecified atom stereocenters. The number of carbonyl (C=O) groups excluding carboxylic acids is 1. The molecule has 0 spiro atoms. The van der Waals surface area contributed by atoms with E-state index in [1.165, 1.54) is 0 Å². The van der Waals surface area contributed by atoms with Gasteiger partial charge >= 0.3 is 0 Å². The molecule has 0 aliphatic heterocycles. The van der Waals surface area contributed by atoms with E-state index in [-0.39, 0.29) is 11.7 Å². The van der Waals surface area contributed by atoms with Gasteiger partial charge in [0.25, 0.3) is 5.91 Å². The summed E-state index contributed by atoms with van der Waals surface area (Å²) < 4.78 is 8.49. The second-order valence-corrected chi connectivity index (χ2v) is 7.07. The minimum absolute atomic E-state index is 0.223. The minimum Gasteiger partial charge on any atom is -0.454 e. The molecule has 28 heavy (non-hydrogen) atoms. The van der Waals surface area contributed by atoms with Gasteiger partial charge in [0.2, 0.25) is 0 Å². The zero-order chi connectivity index (χ0) is 19.3. The third-order valence-corrected chi connectivity index (χ3v) is 4.71. The smallest absolute Gasteiger partial charge is 0.294 e. The molecule has 0 bridgehead atoms. The lowest BCUT2D eigenvalue weighted by Crippen LogP contribution is -2.30. The molecular formula is C21H17BrN4O2. The predicted molar refractivity (Wildman–Crippen MR) is 109 cm³/mol. The van der Waals surface area contributed by atoms with Crippen molar-refractivity contribution in [1.82, 2.24) is 14.8 Å². The van der Waals surface area contributed by atoms with Crippen LogP contribution in [0.1, 0.15) is 22.0 Å². The highest BCUT2D eigenvalue weighted by atomic mass is 79.9. The maximum atomic E-state index is 13.2. The summed E-state index contributed by atoms with van der Waals surface area (Å²) in [6, 6.07) is 18.6. The lowest BCUT2D eigenvalue weighted by Gasteiger charge is -2.21. The number of hydrogen-bond acceptors (Lipinski definition) is 4. The molecule has 7 heteroatoms. The van der Waals surface area contributed by atoms with Crippen LogP contribution >= 0.6 is 15.9 Å². The van der Waals surface area contributed by atoms with Crippen LogP contribution in [0.2, 0.25) is 0 Å². The average molecular weight is 437 g/mol. The maximum absolute atomic E-state index is 13.2. The summed E-state index contributed by atoms with van der Waals surface area (Å²) in [6.45, 7) is 0.815. The summed E-state index contributed by atoms with van der Waals surface area (Å²) in [6.07, 6.45) is 5.27. The van der Waals surface area contributed by atoms with Crippen molar-refractivity contribution in [2.24, 2.45) is 0 Å². The number of carbonyl (C=O) groups is 1. The van der Waals surface area contributed by atoms with Gasteiger partial charge in [-0.15, -0.1) is 0 Å². The summed E-state index contributed by atoms with van der Waals surface area (Å²) in [7, 11) is 0. The molecular weight excluding hydrogens is 420 g/mol. The molecule has 4 aromatic rings. The lowest BCUT2D eigenvalue weighted by molar-refractivity contribution is 0.0956. The van der Waals surface area contributed by atoms with Crippen molar-refractivity contribution in [2.75, 3.05) is 4.90 Å². The first kappa shape index (κ1) is 18.2. The number of aromatic nitrogens is 3. The van der Waals surface area contributed by atoms with Crippen LogP contribution in [0.5, 0.6) is 0 Å². The molecule has 0 radical (unpaired) electrons. The molecule has 140 valence electrons. The first-order valence-electron chi connectivity index (χ1n) is 8.72. The van der Waals surface area contributed by atoms with Crippen molar-refractivity contribution in [3.05, 3.63) is 101 Å². The van der Waals surface area contributed by atoms with E-state index in [0.29, 0.717) is 18.8 Å². The first-order valence-corrected chi connectivity index (χ1v) is 9.52. The third kappa shape index (κ3) is 4.20. The third-order valence-electron chi connectivity index (χ3n) is 4.18. The van der Waals surface area contributed by atoms with E-state index in [0.717, 1.165) is 15.9 Å². The summed E-state index contributed by atoms with van der Waals surface area (Å²) >= 11 is 3.43. The predicted octanol–water partition coefficient (Wildman–Crippen LogP) is 4.53. The Morgan fingerprint density at radius 2 is 1.89 bits per heavy atom. The standard InChI is InChI=1S/C21H17BrN4O2/c22-16-5-7-18(8-6-16)26(14-17-4-1-2-11-23-17)21(27)20-10-9-19(28-20)15-25-13-3-12-24-25/h1-13H,14-15H2. The van der Waals surface area contributed by atoms with Crippen molar-refractivity contribution in [1.29, 1.82) is 0 Å². The fraction of sp³-hybridized carbons (Fsp3) is 0.0952. The van der Waals surface area contributed by atoms with Crippen molar-refractivity contribution in [3.63, 3.8) is 0 Å². The van der Waals surface area contributed by atoms with Gasteiger partial charge in [0.15, 0.2) is 5.76 Å². The van der Waals surface area contributed by atoms with Gasteiger partial charge in [0.05, 0.1) is 18.8 Å². The number of anilines is 1. The van der Waals surface area contributed by atoms with Crippen LogP contribution in [-0.2, 0) is 13.1 Å². The molecule has 6 nitrogen and oxygen atoms in total. The number of furan rings is 1. The second-order valence-electron chi connectivity index (χ2n) is 6.16. The minimum atomic E-state index is -0.223. The number of rotatable bonds is 6. The topological polar surface area (TPSA) is 64.2 Å². The van der Waals surface area contributed by atoms with E-state index in [9.17, 15) is 4.79 Å². The van der Waals surface area contributed by atoms with Gasteiger partial charge in [-0.25, -0.2) is 0 Å². The Kier molecular flexibility index (Phi) is 5.34. The van der Waals surface area contributed by atoms with Crippen molar-refractivity contribution in [3.8, 4) is 0 Å². The van der Waals surface area contributed by atoms with E-state index in [1.54, 1.807) is 34.1 Å². The molecule has 0 saturated heterocycles. The zero-order valence-corrected chi connectivity index (χ0v) is 16.5. The van der Waals surface area contributed by atoms with E-state index >= 15 is 0 Å². The fourth-order valence-electron chi connectivity index (χ4n) is 2.82. The largest absolute Gasteiger partial charge is 0.454 e. The molecule has 0 N–H and O–H groups in total. The lowest BCUT2D eigenvalue weighted by atomic mass is 10.2. The molecule has 0 fully saturated rings. The van der Waals surface area contributed by atoms with E-state index in [1.807, 2.05) is 54.7 Å². The van der Waals surface area contributed by atoms with Crippen LogP contribution in [0.15, 0.2) is 88.1 Å². The number of pyridine rings is 1. The Morgan fingerprint density at radius 3 is 2.61 bits per heavy atom. The molecule has 4 rings (SSSR count). The van der Waals surface area contributed by atoms with Crippen molar-refractivity contribution >= 4 is 27.5 Å². The molecule has 3 aromatic heterocycles. The molecule has 3 heterocycles. The average Bonchev–Trinajstić information content (AvgIpc) is 3.40. The van der Waals surface area contributed by atoms with Crippen LogP contribution < -0.4 is 4.90 Å².